The summed E-state index contributed by atoms with van der Waals surface area (Å²) in [6, 6.07) is -0.0141. The van der Waals surface area contributed by atoms with Crippen molar-refractivity contribution in [1.82, 2.24) is 4.90 Å². The van der Waals surface area contributed by atoms with E-state index in [4.69, 9.17) is 11.2 Å². The Morgan fingerprint density at radius 2 is 2.43 bits per heavy atom. The maximum atomic E-state index is 11.6. The van der Waals surface area contributed by atoms with Gasteiger partial charge in [0.15, 0.2) is 5.78 Å². The average molecular weight is 195 g/mol. The number of carbonyl (C=O) groups excluding carboxylic acids is 1. The van der Waals surface area contributed by atoms with Gasteiger partial charge in [0.2, 0.25) is 0 Å². The first-order valence-electron chi connectivity index (χ1n) is 4.98. The number of hydrogen-bond donors (Lipinski definition) is 0. The van der Waals surface area contributed by atoms with Gasteiger partial charge >= 0.3 is 0 Å². The fourth-order valence-corrected chi connectivity index (χ4v) is 1.90. The van der Waals surface area contributed by atoms with Crippen molar-refractivity contribution in [2.75, 3.05) is 26.8 Å². The normalized spacial score (nSPS) is 23.0. The van der Waals surface area contributed by atoms with Crippen LogP contribution in [0, 0.1) is 12.3 Å². The fraction of sp³-hybridized carbons (Fsp3) is 0.727. The van der Waals surface area contributed by atoms with E-state index in [1.54, 1.807) is 7.11 Å². The zero-order valence-electron chi connectivity index (χ0n) is 8.66. The molecule has 0 aromatic carbocycles. The number of rotatable bonds is 4. The summed E-state index contributed by atoms with van der Waals surface area (Å²) in [5.74, 6) is 2.75. The number of Topliss-reactive ketones (excluding diaryl/α,β-unsaturated/α-hetero) is 1. The van der Waals surface area contributed by atoms with Crippen molar-refractivity contribution >= 4 is 5.78 Å². The summed E-state index contributed by atoms with van der Waals surface area (Å²) in [6.45, 7) is 1.70. The Hall–Kier alpha value is -0.850. The highest BCUT2D eigenvalue weighted by Gasteiger charge is 2.27. The molecule has 14 heavy (non-hydrogen) atoms. The Morgan fingerprint density at radius 1 is 1.64 bits per heavy atom. The third-order valence-electron chi connectivity index (χ3n) is 2.57. The van der Waals surface area contributed by atoms with Gasteiger partial charge in [-0.3, -0.25) is 9.69 Å². The number of hydrogen-bond acceptors (Lipinski definition) is 3. The Morgan fingerprint density at radius 3 is 3.07 bits per heavy atom. The van der Waals surface area contributed by atoms with Gasteiger partial charge in [0, 0.05) is 7.11 Å². The lowest BCUT2D eigenvalue weighted by Gasteiger charge is -2.32. The zero-order valence-corrected chi connectivity index (χ0v) is 8.66. The summed E-state index contributed by atoms with van der Waals surface area (Å²) in [5.41, 5.74) is 0. The monoisotopic (exact) mass is 195 g/mol. The molecule has 0 bridgehead atoms. The lowest BCUT2D eigenvalue weighted by molar-refractivity contribution is -0.128. The number of ketones is 1. The molecule has 3 heteroatoms. The summed E-state index contributed by atoms with van der Waals surface area (Å²) >= 11 is 0. The van der Waals surface area contributed by atoms with Gasteiger partial charge in [-0.15, -0.1) is 6.42 Å². The lowest BCUT2D eigenvalue weighted by atomic mass is 9.99. The SMILES string of the molecule is C#CCN1CCCCC1C(=O)COC. The minimum Gasteiger partial charge on any atom is -0.377 e. The van der Waals surface area contributed by atoms with Crippen LogP contribution in [0.3, 0.4) is 0 Å². The molecule has 1 fully saturated rings. The minimum atomic E-state index is -0.0141. The van der Waals surface area contributed by atoms with Gasteiger partial charge < -0.3 is 4.74 Å². The summed E-state index contributed by atoms with van der Waals surface area (Å²) in [7, 11) is 1.55. The molecule has 1 rings (SSSR count). The van der Waals surface area contributed by atoms with Gasteiger partial charge in [0.25, 0.3) is 0 Å². The van der Waals surface area contributed by atoms with Crippen molar-refractivity contribution < 1.29 is 9.53 Å². The second-order valence-electron chi connectivity index (χ2n) is 3.59. The standard InChI is InChI=1S/C11H17NO2/c1-3-7-12-8-5-4-6-10(12)11(13)9-14-2/h1,10H,4-9H2,2H3. The van der Waals surface area contributed by atoms with Crippen LogP contribution in [0.15, 0.2) is 0 Å². The summed E-state index contributed by atoms with van der Waals surface area (Å²) in [5, 5.41) is 0. The van der Waals surface area contributed by atoms with Crippen molar-refractivity contribution in [3.05, 3.63) is 0 Å². The maximum Gasteiger partial charge on any atom is 0.175 e. The first kappa shape index (κ1) is 11.2. The molecule has 0 saturated carbocycles. The highest BCUT2D eigenvalue weighted by molar-refractivity contribution is 5.85. The molecule has 0 aromatic rings. The molecule has 0 aromatic heterocycles. The minimum absolute atomic E-state index is 0.0141. The molecule has 1 atom stereocenters. The second kappa shape index (κ2) is 5.79. The summed E-state index contributed by atoms with van der Waals surface area (Å²) in [6.07, 6.45) is 8.43. The van der Waals surface area contributed by atoms with Gasteiger partial charge in [0.05, 0.1) is 12.6 Å². The zero-order chi connectivity index (χ0) is 10.4. The molecular formula is C11H17NO2. The molecule has 0 radical (unpaired) electrons. The molecule has 3 nitrogen and oxygen atoms in total. The second-order valence-corrected chi connectivity index (χ2v) is 3.59. The number of methoxy groups -OCH3 is 1. The average Bonchev–Trinajstić information content (AvgIpc) is 2.19. The van der Waals surface area contributed by atoms with Crippen molar-refractivity contribution in [2.45, 2.75) is 25.3 Å². The number of ether oxygens (including phenoxy) is 1. The van der Waals surface area contributed by atoms with E-state index in [2.05, 4.69) is 10.8 Å². The first-order chi connectivity index (χ1) is 6.79. The number of likely N-dealkylation sites (tertiary alicyclic amines) is 1. The van der Waals surface area contributed by atoms with E-state index in [0.29, 0.717) is 6.54 Å². The van der Waals surface area contributed by atoms with Crippen LogP contribution in [-0.4, -0.2) is 43.5 Å². The Kier molecular flexibility index (Phi) is 4.64. The highest BCUT2D eigenvalue weighted by Crippen LogP contribution is 2.17. The van der Waals surface area contributed by atoms with Crippen LogP contribution in [0.2, 0.25) is 0 Å². The van der Waals surface area contributed by atoms with Crippen molar-refractivity contribution in [1.29, 1.82) is 0 Å². The number of piperidine rings is 1. The van der Waals surface area contributed by atoms with Gasteiger partial charge in [-0.05, 0) is 19.4 Å². The predicted molar refractivity (Wildman–Crippen MR) is 54.9 cm³/mol. The van der Waals surface area contributed by atoms with E-state index in [1.165, 1.54) is 0 Å². The molecule has 78 valence electrons. The largest absolute Gasteiger partial charge is 0.377 e. The van der Waals surface area contributed by atoms with E-state index in [0.717, 1.165) is 25.8 Å². The van der Waals surface area contributed by atoms with Crippen LogP contribution in [0.5, 0.6) is 0 Å². The number of carbonyl (C=O) groups is 1. The van der Waals surface area contributed by atoms with Crippen molar-refractivity contribution in [3.8, 4) is 12.3 Å². The molecule has 0 amide bonds. The third kappa shape index (κ3) is 2.83. The van der Waals surface area contributed by atoms with Crippen molar-refractivity contribution in [2.24, 2.45) is 0 Å². The van der Waals surface area contributed by atoms with E-state index < -0.39 is 0 Å². The van der Waals surface area contributed by atoms with Gasteiger partial charge in [0.1, 0.15) is 6.61 Å². The third-order valence-corrected chi connectivity index (χ3v) is 2.57. The first-order valence-corrected chi connectivity index (χ1v) is 4.98. The molecule has 1 aliphatic heterocycles. The van der Waals surface area contributed by atoms with Gasteiger partial charge in [-0.1, -0.05) is 12.3 Å². The van der Waals surface area contributed by atoms with E-state index in [-0.39, 0.29) is 18.4 Å². The molecule has 0 aliphatic carbocycles. The predicted octanol–water partition coefficient (Wildman–Crippen LogP) is 0.690. The van der Waals surface area contributed by atoms with E-state index in [9.17, 15) is 4.79 Å². The molecular weight excluding hydrogens is 178 g/mol. The van der Waals surface area contributed by atoms with E-state index >= 15 is 0 Å². The summed E-state index contributed by atoms with van der Waals surface area (Å²) < 4.78 is 4.86. The maximum absolute atomic E-state index is 11.6. The van der Waals surface area contributed by atoms with Crippen molar-refractivity contribution in [3.63, 3.8) is 0 Å². The Bertz CT molecular complexity index is 232. The number of nitrogens with zero attached hydrogens (tertiary/aromatic N) is 1. The van der Waals surface area contributed by atoms with Crippen LogP contribution in [0.25, 0.3) is 0 Å². The molecule has 1 saturated heterocycles. The van der Waals surface area contributed by atoms with Gasteiger partial charge in [-0.2, -0.15) is 0 Å². The molecule has 0 spiro atoms. The summed E-state index contributed by atoms with van der Waals surface area (Å²) in [4.78, 5) is 13.7. The topological polar surface area (TPSA) is 29.5 Å². The van der Waals surface area contributed by atoms with Crippen LogP contribution < -0.4 is 0 Å². The Balaban J connectivity index is 2.53. The smallest absolute Gasteiger partial charge is 0.175 e. The quantitative estimate of drug-likeness (QED) is 0.618. The van der Waals surface area contributed by atoms with Crippen LogP contribution >= 0.6 is 0 Å². The van der Waals surface area contributed by atoms with E-state index in [1.807, 2.05) is 0 Å². The molecule has 1 aliphatic rings. The molecule has 1 unspecified atom stereocenters. The molecule has 1 heterocycles. The van der Waals surface area contributed by atoms with Gasteiger partial charge in [-0.25, -0.2) is 0 Å². The lowest BCUT2D eigenvalue weighted by Crippen LogP contribution is -2.46. The van der Waals surface area contributed by atoms with Crippen LogP contribution in [0.1, 0.15) is 19.3 Å². The Labute approximate surface area is 85.4 Å². The van der Waals surface area contributed by atoms with Crippen LogP contribution in [0.4, 0.5) is 0 Å². The molecule has 0 N–H and O–H groups in total. The fourth-order valence-electron chi connectivity index (χ4n) is 1.90. The highest BCUT2D eigenvalue weighted by atomic mass is 16.5. The number of terminal acetylenes is 1. The van der Waals surface area contributed by atoms with Crippen LogP contribution in [-0.2, 0) is 9.53 Å².